The van der Waals surface area contributed by atoms with E-state index in [1.54, 1.807) is 7.11 Å². The van der Waals surface area contributed by atoms with E-state index in [2.05, 4.69) is 37.3 Å². The number of methoxy groups -OCH3 is 1. The van der Waals surface area contributed by atoms with Gasteiger partial charge in [0.15, 0.2) is 0 Å². The zero-order chi connectivity index (χ0) is 15.4. The molecular weight excluding hydrogens is 419 g/mol. The summed E-state index contributed by atoms with van der Waals surface area (Å²) in [6, 6.07) is 11.8. The molecule has 0 aliphatic rings. The summed E-state index contributed by atoms with van der Waals surface area (Å²) in [7, 11) is 1.65. The summed E-state index contributed by atoms with van der Waals surface area (Å²) in [6.45, 7) is 0. The molecule has 0 fully saturated rings. The van der Waals surface area contributed by atoms with Crippen LogP contribution < -0.4 is 16.0 Å². The molecule has 0 heterocycles. The number of rotatable bonds is 5. The lowest BCUT2D eigenvalue weighted by Gasteiger charge is -2.17. The van der Waals surface area contributed by atoms with E-state index >= 15 is 0 Å². The average molecular weight is 435 g/mol. The molecule has 112 valence electrons. The molecule has 2 rings (SSSR count). The van der Waals surface area contributed by atoms with Gasteiger partial charge in [-0.15, -0.1) is 0 Å². The van der Waals surface area contributed by atoms with Crippen LogP contribution in [0.4, 0.5) is 0 Å². The summed E-state index contributed by atoms with van der Waals surface area (Å²) >= 11 is 13.0. The van der Waals surface area contributed by atoms with Gasteiger partial charge < -0.3 is 4.74 Å². The van der Waals surface area contributed by atoms with Crippen LogP contribution in [0.2, 0.25) is 5.02 Å². The van der Waals surface area contributed by atoms with Crippen molar-refractivity contribution < 1.29 is 4.74 Å². The highest BCUT2D eigenvalue weighted by Crippen LogP contribution is 2.30. The lowest BCUT2D eigenvalue weighted by molar-refractivity contribution is 0.412. The lowest BCUT2D eigenvalue weighted by Crippen LogP contribution is -2.29. The predicted molar refractivity (Wildman–Crippen MR) is 93.6 cm³/mol. The van der Waals surface area contributed by atoms with Crippen molar-refractivity contribution in [3.05, 3.63) is 61.5 Å². The van der Waals surface area contributed by atoms with Gasteiger partial charge in [-0.05, 0) is 73.7 Å². The molecule has 6 heteroatoms. The van der Waals surface area contributed by atoms with Gasteiger partial charge in [0, 0.05) is 4.47 Å². The van der Waals surface area contributed by atoms with E-state index in [1.807, 2.05) is 36.4 Å². The lowest BCUT2D eigenvalue weighted by atomic mass is 9.99. The van der Waals surface area contributed by atoms with E-state index in [4.69, 9.17) is 22.2 Å². The highest BCUT2D eigenvalue weighted by Gasteiger charge is 2.13. The van der Waals surface area contributed by atoms with Gasteiger partial charge in [0.05, 0.1) is 22.6 Å². The van der Waals surface area contributed by atoms with Gasteiger partial charge in [-0.2, -0.15) is 0 Å². The van der Waals surface area contributed by atoms with Gasteiger partial charge in [0.25, 0.3) is 0 Å². The second kappa shape index (κ2) is 7.61. The molecule has 1 unspecified atom stereocenters. The minimum atomic E-state index is -0.0177. The fourth-order valence-electron chi connectivity index (χ4n) is 2.07. The van der Waals surface area contributed by atoms with E-state index in [0.717, 1.165) is 32.2 Å². The molecule has 0 saturated heterocycles. The van der Waals surface area contributed by atoms with Crippen LogP contribution in [0.3, 0.4) is 0 Å². The number of nitrogens with one attached hydrogen (secondary N) is 1. The summed E-state index contributed by atoms with van der Waals surface area (Å²) in [5.74, 6) is 6.50. The first kappa shape index (κ1) is 16.8. The summed E-state index contributed by atoms with van der Waals surface area (Å²) in [5.41, 5.74) is 5.02. The normalized spacial score (nSPS) is 12.2. The molecule has 3 nitrogen and oxygen atoms in total. The summed E-state index contributed by atoms with van der Waals surface area (Å²) < 4.78 is 7.03. The number of benzene rings is 2. The first-order chi connectivity index (χ1) is 10.0. The van der Waals surface area contributed by atoms with Gasteiger partial charge in [0.2, 0.25) is 0 Å². The molecule has 0 amide bonds. The van der Waals surface area contributed by atoms with Crippen molar-refractivity contribution in [3.63, 3.8) is 0 Å². The SMILES string of the molecule is COc1ccc(CC(NN)c2ccc(Br)c(Cl)c2)cc1Br. The van der Waals surface area contributed by atoms with Gasteiger partial charge in [-0.25, -0.2) is 0 Å². The van der Waals surface area contributed by atoms with Crippen LogP contribution in [0, 0.1) is 0 Å². The molecule has 0 bridgehead atoms. The Kier molecular flexibility index (Phi) is 6.08. The Morgan fingerprint density at radius 3 is 2.52 bits per heavy atom. The van der Waals surface area contributed by atoms with E-state index in [1.165, 1.54) is 0 Å². The van der Waals surface area contributed by atoms with E-state index in [9.17, 15) is 0 Å². The third-order valence-electron chi connectivity index (χ3n) is 3.20. The monoisotopic (exact) mass is 432 g/mol. The molecule has 0 radical (unpaired) electrons. The van der Waals surface area contributed by atoms with Crippen molar-refractivity contribution in [1.82, 2.24) is 5.43 Å². The Morgan fingerprint density at radius 2 is 1.95 bits per heavy atom. The van der Waals surface area contributed by atoms with Gasteiger partial charge in [-0.3, -0.25) is 11.3 Å². The van der Waals surface area contributed by atoms with Crippen LogP contribution in [-0.4, -0.2) is 7.11 Å². The summed E-state index contributed by atoms with van der Waals surface area (Å²) in [5, 5.41) is 0.670. The van der Waals surface area contributed by atoms with Crippen molar-refractivity contribution in [2.24, 2.45) is 5.84 Å². The van der Waals surface area contributed by atoms with Crippen LogP contribution >= 0.6 is 43.5 Å². The Balaban J connectivity index is 2.22. The number of ether oxygens (including phenoxy) is 1. The fraction of sp³-hybridized carbons (Fsp3) is 0.200. The van der Waals surface area contributed by atoms with Gasteiger partial charge in [0.1, 0.15) is 5.75 Å². The number of hydrazine groups is 1. The molecule has 0 aliphatic carbocycles. The maximum Gasteiger partial charge on any atom is 0.133 e. The first-order valence-electron chi connectivity index (χ1n) is 6.28. The summed E-state index contributed by atoms with van der Waals surface area (Å²) in [6.07, 6.45) is 0.747. The standard InChI is InChI=1S/C15H15Br2ClN2O/c1-21-15-5-2-9(6-12(15)17)7-14(20-19)10-3-4-11(16)13(18)8-10/h2-6,8,14,20H,7,19H2,1H3. The first-order valence-corrected chi connectivity index (χ1v) is 8.25. The second-order valence-corrected chi connectivity index (χ2v) is 6.68. The maximum atomic E-state index is 6.14. The molecule has 2 aromatic rings. The third-order valence-corrected chi connectivity index (χ3v) is 5.06. The highest BCUT2D eigenvalue weighted by molar-refractivity contribution is 9.10. The quantitative estimate of drug-likeness (QED) is 0.533. The molecule has 0 spiro atoms. The van der Waals surface area contributed by atoms with Crippen molar-refractivity contribution in [2.45, 2.75) is 12.5 Å². The van der Waals surface area contributed by atoms with Crippen LogP contribution in [0.1, 0.15) is 17.2 Å². The second-order valence-electron chi connectivity index (χ2n) is 4.57. The van der Waals surface area contributed by atoms with E-state index in [-0.39, 0.29) is 6.04 Å². The molecule has 0 saturated carbocycles. The van der Waals surface area contributed by atoms with E-state index in [0.29, 0.717) is 5.02 Å². The molecule has 0 aromatic heterocycles. The number of halogens is 3. The molecule has 21 heavy (non-hydrogen) atoms. The van der Waals surface area contributed by atoms with Crippen LogP contribution in [-0.2, 0) is 6.42 Å². The smallest absolute Gasteiger partial charge is 0.133 e. The minimum absolute atomic E-state index is 0.0177. The molecule has 1 atom stereocenters. The molecular formula is C15H15Br2ClN2O. The number of hydrogen-bond acceptors (Lipinski definition) is 3. The Morgan fingerprint density at radius 1 is 1.19 bits per heavy atom. The number of hydrogen-bond donors (Lipinski definition) is 2. The Labute approximate surface area is 146 Å². The fourth-order valence-corrected chi connectivity index (χ4v) is 3.10. The highest BCUT2D eigenvalue weighted by atomic mass is 79.9. The molecule has 2 aromatic carbocycles. The van der Waals surface area contributed by atoms with Crippen molar-refractivity contribution in [2.75, 3.05) is 7.11 Å². The van der Waals surface area contributed by atoms with Gasteiger partial charge in [-0.1, -0.05) is 23.7 Å². The Hall–Kier alpha value is -0.590. The topological polar surface area (TPSA) is 47.3 Å². The maximum absolute atomic E-state index is 6.14. The number of nitrogens with two attached hydrogens (primary N) is 1. The average Bonchev–Trinajstić information content (AvgIpc) is 2.48. The van der Waals surface area contributed by atoms with Crippen molar-refractivity contribution in [1.29, 1.82) is 0 Å². The molecule has 0 aliphatic heterocycles. The van der Waals surface area contributed by atoms with Crippen molar-refractivity contribution >= 4 is 43.5 Å². The largest absolute Gasteiger partial charge is 0.496 e. The Bertz CT molecular complexity index is 637. The van der Waals surface area contributed by atoms with E-state index < -0.39 is 0 Å². The predicted octanol–water partition coefficient (Wildman–Crippen LogP) is 4.62. The summed E-state index contributed by atoms with van der Waals surface area (Å²) in [4.78, 5) is 0. The zero-order valence-electron chi connectivity index (χ0n) is 11.4. The van der Waals surface area contributed by atoms with Crippen LogP contribution in [0.25, 0.3) is 0 Å². The zero-order valence-corrected chi connectivity index (χ0v) is 15.3. The van der Waals surface area contributed by atoms with Crippen molar-refractivity contribution in [3.8, 4) is 5.75 Å². The molecule has 3 N–H and O–H groups in total. The van der Waals surface area contributed by atoms with Crippen LogP contribution in [0.5, 0.6) is 5.75 Å². The van der Waals surface area contributed by atoms with Gasteiger partial charge >= 0.3 is 0 Å². The van der Waals surface area contributed by atoms with Crippen LogP contribution in [0.15, 0.2) is 45.3 Å². The third kappa shape index (κ3) is 4.20. The minimum Gasteiger partial charge on any atom is -0.496 e.